The molecule has 96 valence electrons. The molecule has 1 aromatic heterocycles. The van der Waals surface area contributed by atoms with E-state index >= 15 is 0 Å². The number of rotatable bonds is 5. The number of carboxylic acid groups (broad SMARTS) is 1. The first-order valence-corrected chi connectivity index (χ1v) is 5.78. The zero-order chi connectivity index (χ0) is 13.0. The molecule has 0 aromatic carbocycles. The number of aliphatic carboxylic acids is 1. The molecule has 0 radical (unpaired) electrons. The van der Waals surface area contributed by atoms with E-state index < -0.39 is 18.4 Å². The van der Waals surface area contributed by atoms with Crippen LogP contribution in [0.4, 0.5) is 0 Å². The van der Waals surface area contributed by atoms with Crippen molar-refractivity contribution in [3.8, 4) is 5.88 Å². The average Bonchev–Trinajstić information content (AvgIpc) is 2.31. The zero-order valence-electron chi connectivity index (χ0n) is 9.76. The van der Waals surface area contributed by atoms with E-state index in [1.165, 1.54) is 18.3 Å². The number of amides is 1. The number of aromatic nitrogens is 1. The molecule has 1 aromatic rings. The minimum Gasteiger partial charge on any atom is -0.480 e. The Hall–Kier alpha value is -2.11. The van der Waals surface area contributed by atoms with Crippen LogP contribution in [0, 0.1) is 0 Å². The molecule has 1 aliphatic carbocycles. The van der Waals surface area contributed by atoms with Crippen molar-refractivity contribution in [1.29, 1.82) is 0 Å². The highest BCUT2D eigenvalue weighted by molar-refractivity contribution is 5.95. The Balaban J connectivity index is 1.96. The highest BCUT2D eigenvalue weighted by Gasteiger charge is 2.20. The van der Waals surface area contributed by atoms with E-state index in [-0.39, 0.29) is 6.10 Å². The van der Waals surface area contributed by atoms with Gasteiger partial charge in [0.1, 0.15) is 12.6 Å². The van der Waals surface area contributed by atoms with Crippen LogP contribution in [0.15, 0.2) is 18.3 Å². The maximum absolute atomic E-state index is 11.6. The largest absolute Gasteiger partial charge is 0.480 e. The SMILES string of the molecule is O=C(O)CNC(=O)c1ccnc(OC2CCC2)c1. The van der Waals surface area contributed by atoms with Gasteiger partial charge in [0, 0.05) is 17.8 Å². The Morgan fingerprint density at radius 3 is 2.89 bits per heavy atom. The van der Waals surface area contributed by atoms with Gasteiger partial charge in [-0.15, -0.1) is 0 Å². The second kappa shape index (κ2) is 5.48. The number of carbonyl (C=O) groups excluding carboxylic acids is 1. The second-order valence-electron chi connectivity index (χ2n) is 4.13. The molecule has 0 spiro atoms. The Morgan fingerprint density at radius 2 is 2.28 bits per heavy atom. The molecule has 1 aliphatic rings. The standard InChI is InChI=1S/C12H14N2O4/c15-11(16)7-14-12(17)8-4-5-13-10(6-8)18-9-2-1-3-9/h4-6,9H,1-3,7H2,(H,14,17)(H,15,16). The number of ether oxygens (including phenoxy) is 1. The Bertz CT molecular complexity index is 457. The van der Waals surface area contributed by atoms with Crippen molar-refractivity contribution in [2.24, 2.45) is 0 Å². The van der Waals surface area contributed by atoms with Crippen LogP contribution in [-0.4, -0.2) is 34.6 Å². The smallest absolute Gasteiger partial charge is 0.322 e. The lowest BCUT2D eigenvalue weighted by Gasteiger charge is -2.25. The number of hydrogen-bond donors (Lipinski definition) is 2. The van der Waals surface area contributed by atoms with Crippen LogP contribution in [0.2, 0.25) is 0 Å². The number of nitrogens with one attached hydrogen (secondary N) is 1. The van der Waals surface area contributed by atoms with Crippen LogP contribution in [0.1, 0.15) is 29.6 Å². The van der Waals surface area contributed by atoms with Crippen molar-refractivity contribution in [3.05, 3.63) is 23.9 Å². The molecule has 1 saturated carbocycles. The first-order chi connectivity index (χ1) is 8.65. The lowest BCUT2D eigenvalue weighted by Crippen LogP contribution is -2.29. The lowest BCUT2D eigenvalue weighted by molar-refractivity contribution is -0.135. The summed E-state index contributed by atoms with van der Waals surface area (Å²) in [7, 11) is 0. The lowest BCUT2D eigenvalue weighted by atomic mass is 9.96. The van der Waals surface area contributed by atoms with Gasteiger partial charge >= 0.3 is 5.97 Å². The van der Waals surface area contributed by atoms with E-state index in [2.05, 4.69) is 10.3 Å². The maximum atomic E-state index is 11.6. The van der Waals surface area contributed by atoms with Crippen LogP contribution >= 0.6 is 0 Å². The van der Waals surface area contributed by atoms with Crippen LogP contribution < -0.4 is 10.1 Å². The third-order valence-electron chi connectivity index (χ3n) is 2.74. The topological polar surface area (TPSA) is 88.5 Å². The minimum absolute atomic E-state index is 0.190. The quantitative estimate of drug-likeness (QED) is 0.808. The first-order valence-electron chi connectivity index (χ1n) is 5.78. The van der Waals surface area contributed by atoms with Crippen molar-refractivity contribution < 1.29 is 19.4 Å². The minimum atomic E-state index is -1.08. The molecule has 2 rings (SSSR count). The van der Waals surface area contributed by atoms with Gasteiger partial charge in [0.2, 0.25) is 5.88 Å². The van der Waals surface area contributed by atoms with E-state index in [0.717, 1.165) is 19.3 Å². The summed E-state index contributed by atoms with van der Waals surface area (Å²) in [6.45, 7) is -0.403. The summed E-state index contributed by atoms with van der Waals surface area (Å²) in [6, 6.07) is 3.04. The molecule has 0 aliphatic heterocycles. The summed E-state index contributed by atoms with van der Waals surface area (Å²) >= 11 is 0. The monoisotopic (exact) mass is 250 g/mol. The van der Waals surface area contributed by atoms with Crippen LogP contribution in [0.3, 0.4) is 0 Å². The summed E-state index contributed by atoms with van der Waals surface area (Å²) < 4.78 is 5.56. The molecule has 0 saturated heterocycles. The van der Waals surface area contributed by atoms with Gasteiger partial charge in [-0.25, -0.2) is 4.98 Å². The van der Waals surface area contributed by atoms with Crippen molar-refractivity contribution in [3.63, 3.8) is 0 Å². The first kappa shape index (κ1) is 12.3. The van der Waals surface area contributed by atoms with Crippen LogP contribution in [-0.2, 0) is 4.79 Å². The van der Waals surface area contributed by atoms with Crippen molar-refractivity contribution in [2.45, 2.75) is 25.4 Å². The number of hydrogen-bond acceptors (Lipinski definition) is 4. The molecular weight excluding hydrogens is 236 g/mol. The zero-order valence-corrected chi connectivity index (χ0v) is 9.76. The fraction of sp³-hybridized carbons (Fsp3) is 0.417. The summed E-state index contributed by atoms with van der Waals surface area (Å²) in [4.78, 5) is 26.0. The molecule has 0 unspecified atom stereocenters. The highest BCUT2D eigenvalue weighted by Crippen LogP contribution is 2.24. The van der Waals surface area contributed by atoms with Crippen LogP contribution in [0.5, 0.6) is 5.88 Å². The third-order valence-corrected chi connectivity index (χ3v) is 2.74. The summed E-state index contributed by atoms with van der Waals surface area (Å²) in [5.74, 6) is -1.12. The van der Waals surface area contributed by atoms with Crippen molar-refractivity contribution >= 4 is 11.9 Å². The number of pyridine rings is 1. The predicted molar refractivity (Wildman–Crippen MR) is 62.5 cm³/mol. The van der Waals surface area contributed by atoms with Gasteiger partial charge in [0.05, 0.1) is 0 Å². The van der Waals surface area contributed by atoms with E-state index in [0.29, 0.717) is 11.4 Å². The van der Waals surface area contributed by atoms with Crippen molar-refractivity contribution in [2.75, 3.05) is 6.54 Å². The summed E-state index contributed by atoms with van der Waals surface area (Å²) in [5.41, 5.74) is 0.348. The molecule has 18 heavy (non-hydrogen) atoms. The summed E-state index contributed by atoms with van der Waals surface area (Å²) in [5, 5.41) is 10.8. The molecule has 1 heterocycles. The van der Waals surface area contributed by atoms with Gasteiger partial charge < -0.3 is 15.2 Å². The highest BCUT2D eigenvalue weighted by atomic mass is 16.5. The second-order valence-corrected chi connectivity index (χ2v) is 4.13. The van der Waals surface area contributed by atoms with E-state index in [1.807, 2.05) is 0 Å². The van der Waals surface area contributed by atoms with Gasteiger partial charge in [0.25, 0.3) is 5.91 Å². The fourth-order valence-corrected chi connectivity index (χ4v) is 1.53. The van der Waals surface area contributed by atoms with Gasteiger partial charge in [-0.05, 0) is 25.3 Å². The fourth-order valence-electron chi connectivity index (χ4n) is 1.53. The molecule has 0 bridgehead atoms. The van der Waals surface area contributed by atoms with Gasteiger partial charge in [-0.1, -0.05) is 0 Å². The van der Waals surface area contributed by atoms with Gasteiger partial charge in [-0.3, -0.25) is 9.59 Å². The number of carboxylic acids is 1. The van der Waals surface area contributed by atoms with E-state index in [9.17, 15) is 9.59 Å². The maximum Gasteiger partial charge on any atom is 0.322 e. The van der Waals surface area contributed by atoms with Gasteiger partial charge in [-0.2, -0.15) is 0 Å². The summed E-state index contributed by atoms with van der Waals surface area (Å²) in [6.07, 6.45) is 4.84. The number of carbonyl (C=O) groups is 2. The van der Waals surface area contributed by atoms with E-state index in [4.69, 9.17) is 9.84 Å². The Kier molecular flexibility index (Phi) is 3.76. The third kappa shape index (κ3) is 3.19. The van der Waals surface area contributed by atoms with Gasteiger partial charge in [0.15, 0.2) is 0 Å². The molecule has 2 N–H and O–H groups in total. The molecule has 1 amide bonds. The normalized spacial score (nSPS) is 14.7. The van der Waals surface area contributed by atoms with E-state index in [1.54, 1.807) is 0 Å². The Labute approximate surface area is 104 Å². The average molecular weight is 250 g/mol. The molecule has 6 nitrogen and oxygen atoms in total. The van der Waals surface area contributed by atoms with Crippen LogP contribution in [0.25, 0.3) is 0 Å². The molecule has 0 atom stereocenters. The molecule has 6 heteroatoms. The van der Waals surface area contributed by atoms with Crippen molar-refractivity contribution in [1.82, 2.24) is 10.3 Å². The molecule has 1 fully saturated rings. The number of nitrogens with zero attached hydrogens (tertiary/aromatic N) is 1. The molecular formula is C12H14N2O4. The predicted octanol–water partition coefficient (Wildman–Crippen LogP) is 0.827. The Morgan fingerprint density at radius 1 is 1.50 bits per heavy atom.